The highest BCUT2D eigenvalue weighted by Crippen LogP contribution is 2.50. The van der Waals surface area contributed by atoms with Gasteiger partial charge in [-0.2, -0.15) is 5.10 Å². The van der Waals surface area contributed by atoms with E-state index >= 15 is 0 Å². The molecule has 0 radical (unpaired) electrons. The van der Waals surface area contributed by atoms with E-state index in [-0.39, 0.29) is 11.9 Å². The molecule has 2 atom stereocenters. The first kappa shape index (κ1) is 20.1. The Morgan fingerprint density at radius 3 is 2.50 bits per heavy atom. The van der Waals surface area contributed by atoms with Crippen molar-refractivity contribution >= 4 is 11.7 Å². The van der Waals surface area contributed by atoms with E-state index in [0.717, 1.165) is 22.4 Å². The summed E-state index contributed by atoms with van der Waals surface area (Å²) in [5.41, 5.74) is 3.99. The van der Waals surface area contributed by atoms with Crippen LogP contribution in [0.2, 0.25) is 0 Å². The van der Waals surface area contributed by atoms with Gasteiger partial charge in [-0.1, -0.05) is 36.4 Å². The van der Waals surface area contributed by atoms with E-state index < -0.39 is 12.2 Å². The molecule has 0 saturated heterocycles. The van der Waals surface area contributed by atoms with Gasteiger partial charge in [0.05, 0.1) is 31.5 Å². The van der Waals surface area contributed by atoms with Gasteiger partial charge in [-0.15, -0.1) is 0 Å². The average Bonchev–Trinajstić information content (AvgIpc) is 3.29. The summed E-state index contributed by atoms with van der Waals surface area (Å²) >= 11 is 0. The average molecular weight is 432 g/mol. The van der Waals surface area contributed by atoms with Crippen LogP contribution in [0.15, 0.2) is 71.8 Å². The predicted molar refractivity (Wildman–Crippen MR) is 116 cm³/mol. The molecule has 2 aliphatic heterocycles. The quantitative estimate of drug-likeness (QED) is 0.551. The summed E-state index contributed by atoms with van der Waals surface area (Å²) in [5.74, 6) is 0.637. The Balaban J connectivity index is 1.57. The molecule has 3 aromatic carbocycles. The number of ether oxygens (including phenoxy) is 3. The minimum absolute atomic E-state index is 0.0702. The van der Waals surface area contributed by atoms with Crippen molar-refractivity contribution in [1.82, 2.24) is 5.01 Å². The zero-order valence-corrected chi connectivity index (χ0v) is 17.6. The number of esters is 1. The summed E-state index contributed by atoms with van der Waals surface area (Å²) < 4.78 is 30.2. The molecular weight excluding hydrogens is 411 g/mol. The molecule has 0 aromatic heterocycles. The number of nitrogens with zero attached hydrogens (tertiary/aromatic N) is 2. The van der Waals surface area contributed by atoms with Crippen molar-refractivity contribution in [2.45, 2.75) is 18.7 Å². The fraction of sp³-hybridized carbons (Fsp3) is 0.200. The van der Waals surface area contributed by atoms with E-state index in [1.807, 2.05) is 35.3 Å². The van der Waals surface area contributed by atoms with Crippen LogP contribution in [0.3, 0.4) is 0 Å². The summed E-state index contributed by atoms with van der Waals surface area (Å²) in [7, 11) is 2.96. The van der Waals surface area contributed by atoms with Crippen LogP contribution < -0.4 is 9.47 Å². The highest BCUT2D eigenvalue weighted by atomic mass is 19.1. The van der Waals surface area contributed by atoms with Crippen molar-refractivity contribution in [3.63, 3.8) is 0 Å². The fourth-order valence-corrected chi connectivity index (χ4v) is 4.18. The number of carbonyl (C=O) groups is 1. The Labute approximate surface area is 184 Å². The van der Waals surface area contributed by atoms with Gasteiger partial charge >= 0.3 is 5.97 Å². The van der Waals surface area contributed by atoms with E-state index in [4.69, 9.17) is 19.3 Å². The first-order chi connectivity index (χ1) is 15.6. The van der Waals surface area contributed by atoms with Crippen molar-refractivity contribution in [2.75, 3.05) is 14.2 Å². The molecule has 2 unspecified atom stereocenters. The second kappa shape index (κ2) is 8.00. The minimum atomic E-state index is -0.520. The zero-order valence-electron chi connectivity index (χ0n) is 17.6. The lowest BCUT2D eigenvalue weighted by Crippen LogP contribution is -2.33. The topological polar surface area (TPSA) is 60.4 Å². The molecule has 0 bridgehead atoms. The Kier molecular flexibility index (Phi) is 5.01. The summed E-state index contributed by atoms with van der Waals surface area (Å²) in [6, 6.07) is 19.2. The normalized spacial score (nSPS) is 18.8. The monoisotopic (exact) mass is 432 g/mol. The number of hydrazone groups is 1. The van der Waals surface area contributed by atoms with Gasteiger partial charge in [0.15, 0.2) is 11.5 Å². The number of carbonyl (C=O) groups excluding carboxylic acids is 1. The first-order valence-electron chi connectivity index (χ1n) is 10.2. The molecule has 162 valence electrons. The highest BCUT2D eigenvalue weighted by molar-refractivity contribution is 6.02. The van der Waals surface area contributed by atoms with E-state index in [1.165, 1.54) is 19.2 Å². The Bertz CT molecular complexity index is 1190. The van der Waals surface area contributed by atoms with Crippen molar-refractivity contribution < 1.29 is 23.4 Å². The summed E-state index contributed by atoms with van der Waals surface area (Å²) in [4.78, 5) is 11.8. The SMILES string of the molecule is COC(=O)c1ccc(C2Oc3c(OC)cccc3C3CC(c4ccc(F)cc4)=NN32)cc1. The van der Waals surface area contributed by atoms with Gasteiger partial charge < -0.3 is 14.2 Å². The Morgan fingerprint density at radius 2 is 1.81 bits per heavy atom. The lowest BCUT2D eigenvalue weighted by Gasteiger charge is -2.38. The van der Waals surface area contributed by atoms with Crippen LogP contribution in [0.1, 0.15) is 45.7 Å². The molecule has 0 amide bonds. The smallest absolute Gasteiger partial charge is 0.337 e. The Morgan fingerprint density at radius 1 is 1.06 bits per heavy atom. The number of rotatable bonds is 4. The third-order valence-corrected chi connectivity index (χ3v) is 5.79. The Hall–Kier alpha value is -3.87. The van der Waals surface area contributed by atoms with Crippen LogP contribution in [0, 0.1) is 5.82 Å². The van der Waals surface area contributed by atoms with Gasteiger partial charge in [-0.3, -0.25) is 0 Å². The van der Waals surface area contributed by atoms with Crippen LogP contribution in [0.5, 0.6) is 11.5 Å². The van der Waals surface area contributed by atoms with Gasteiger partial charge in [0.2, 0.25) is 6.23 Å². The molecule has 5 rings (SSSR count). The fourth-order valence-electron chi connectivity index (χ4n) is 4.18. The maximum absolute atomic E-state index is 13.4. The minimum Gasteiger partial charge on any atom is -0.493 e. The molecule has 0 saturated carbocycles. The summed E-state index contributed by atoms with van der Waals surface area (Å²) in [6.07, 6.45) is 0.125. The number of hydrogen-bond acceptors (Lipinski definition) is 6. The van der Waals surface area contributed by atoms with Crippen LogP contribution in [0.4, 0.5) is 4.39 Å². The summed E-state index contributed by atoms with van der Waals surface area (Å²) in [6.45, 7) is 0. The van der Waals surface area contributed by atoms with Gasteiger partial charge in [-0.05, 0) is 35.9 Å². The van der Waals surface area contributed by atoms with E-state index in [1.54, 1.807) is 31.4 Å². The largest absolute Gasteiger partial charge is 0.493 e. The molecule has 0 aliphatic carbocycles. The van der Waals surface area contributed by atoms with Crippen molar-refractivity contribution in [3.8, 4) is 11.5 Å². The maximum Gasteiger partial charge on any atom is 0.337 e. The molecule has 7 heteroatoms. The molecule has 6 nitrogen and oxygen atoms in total. The third-order valence-electron chi connectivity index (χ3n) is 5.79. The molecular formula is C25H21FN2O4. The molecule has 0 fully saturated rings. The van der Waals surface area contributed by atoms with Crippen molar-refractivity contribution in [2.24, 2.45) is 5.10 Å². The van der Waals surface area contributed by atoms with Gasteiger partial charge in [0.25, 0.3) is 0 Å². The lowest BCUT2D eigenvalue weighted by molar-refractivity contribution is -0.0209. The van der Waals surface area contributed by atoms with Gasteiger partial charge in [0, 0.05) is 17.5 Å². The lowest BCUT2D eigenvalue weighted by atomic mass is 9.95. The highest BCUT2D eigenvalue weighted by Gasteiger charge is 2.42. The molecule has 3 aromatic rings. The predicted octanol–water partition coefficient (Wildman–Crippen LogP) is 4.86. The van der Waals surface area contributed by atoms with Crippen LogP contribution in [0.25, 0.3) is 0 Å². The number of methoxy groups -OCH3 is 2. The molecule has 32 heavy (non-hydrogen) atoms. The standard InChI is InChI=1S/C25H21FN2O4/c1-30-22-5-3-4-19-21-14-20(15-10-12-18(26)13-11-15)27-28(21)24(32-23(19)22)16-6-8-17(9-7-16)25(29)31-2/h3-13,21,24H,14H2,1-2H3. The van der Waals surface area contributed by atoms with Gasteiger partial charge in [0.1, 0.15) is 5.82 Å². The number of halogens is 1. The van der Waals surface area contributed by atoms with Crippen molar-refractivity contribution in [3.05, 3.63) is 94.8 Å². The number of hydrogen-bond donors (Lipinski definition) is 0. The number of para-hydroxylation sites is 1. The van der Waals surface area contributed by atoms with Gasteiger partial charge in [-0.25, -0.2) is 14.2 Å². The molecule has 0 N–H and O–H groups in total. The van der Waals surface area contributed by atoms with Crippen molar-refractivity contribution in [1.29, 1.82) is 0 Å². The zero-order chi connectivity index (χ0) is 22.2. The van der Waals surface area contributed by atoms with Crippen LogP contribution >= 0.6 is 0 Å². The van der Waals surface area contributed by atoms with Crippen LogP contribution in [-0.2, 0) is 4.74 Å². The summed E-state index contributed by atoms with van der Waals surface area (Å²) in [5, 5.41) is 6.79. The number of benzene rings is 3. The maximum atomic E-state index is 13.4. The molecule has 2 aliphatic rings. The second-order valence-electron chi connectivity index (χ2n) is 7.62. The third kappa shape index (κ3) is 3.36. The first-order valence-corrected chi connectivity index (χ1v) is 10.2. The van der Waals surface area contributed by atoms with E-state index in [9.17, 15) is 9.18 Å². The van der Waals surface area contributed by atoms with E-state index in [0.29, 0.717) is 23.5 Å². The molecule has 2 heterocycles. The van der Waals surface area contributed by atoms with E-state index in [2.05, 4.69) is 0 Å². The molecule has 0 spiro atoms. The van der Waals surface area contributed by atoms with Crippen LogP contribution in [-0.4, -0.2) is 30.9 Å². The number of fused-ring (bicyclic) bond motifs is 3. The second-order valence-corrected chi connectivity index (χ2v) is 7.62.